The average molecular weight is 230 g/mol. The maximum Gasteiger partial charge on any atom is 0.295 e. The van der Waals surface area contributed by atoms with Crippen LogP contribution in [0, 0.1) is 10.1 Å². The second-order valence-electron chi connectivity index (χ2n) is 3.48. The zero-order valence-electron chi connectivity index (χ0n) is 8.83. The molecule has 2 aromatic rings. The van der Waals surface area contributed by atoms with E-state index in [1.165, 1.54) is 6.07 Å². The molecule has 0 fully saturated rings. The molecule has 0 amide bonds. The quantitative estimate of drug-likeness (QED) is 0.354. The Balaban J connectivity index is 2.75. The van der Waals surface area contributed by atoms with Gasteiger partial charge < -0.3 is 11.5 Å². The van der Waals surface area contributed by atoms with Crippen LogP contribution in [-0.2, 0) is 0 Å². The maximum absolute atomic E-state index is 10.9. The van der Waals surface area contributed by atoms with Crippen molar-refractivity contribution in [3.8, 4) is 0 Å². The third-order valence-corrected chi connectivity index (χ3v) is 2.29. The van der Waals surface area contributed by atoms with Crippen LogP contribution < -0.4 is 11.5 Å². The highest BCUT2D eigenvalue weighted by Crippen LogP contribution is 2.32. The van der Waals surface area contributed by atoms with Crippen molar-refractivity contribution in [1.29, 1.82) is 0 Å². The third-order valence-electron chi connectivity index (χ3n) is 2.29. The molecule has 0 aromatic heterocycles. The Labute approximate surface area is 96.7 Å². The number of nitrogens with zero attached hydrogens (tertiary/aromatic N) is 2. The molecule has 6 heteroatoms. The molecule has 0 spiro atoms. The van der Waals surface area contributed by atoms with Crippen LogP contribution in [0.4, 0.5) is 11.4 Å². The van der Waals surface area contributed by atoms with Crippen LogP contribution in [0.15, 0.2) is 41.4 Å². The lowest BCUT2D eigenvalue weighted by molar-refractivity contribution is -0.383. The number of aliphatic imine (C=N–C) groups is 1. The first kappa shape index (κ1) is 10.9. The van der Waals surface area contributed by atoms with Gasteiger partial charge in [-0.15, -0.1) is 0 Å². The number of rotatable bonds is 2. The Kier molecular flexibility index (Phi) is 2.61. The molecule has 0 heterocycles. The summed E-state index contributed by atoms with van der Waals surface area (Å²) in [7, 11) is 0. The van der Waals surface area contributed by atoms with Crippen LogP contribution in [0.3, 0.4) is 0 Å². The van der Waals surface area contributed by atoms with E-state index >= 15 is 0 Å². The summed E-state index contributed by atoms with van der Waals surface area (Å²) < 4.78 is 0. The molecule has 17 heavy (non-hydrogen) atoms. The zero-order valence-corrected chi connectivity index (χ0v) is 8.83. The van der Waals surface area contributed by atoms with Gasteiger partial charge in [0.2, 0.25) is 0 Å². The smallest absolute Gasteiger partial charge is 0.295 e. The molecule has 0 radical (unpaired) electrons. The normalized spacial score (nSPS) is 10.1. The van der Waals surface area contributed by atoms with E-state index in [0.717, 1.165) is 10.8 Å². The number of benzene rings is 2. The van der Waals surface area contributed by atoms with Gasteiger partial charge in [0.05, 0.1) is 4.92 Å². The number of nitro groups is 1. The largest absolute Gasteiger partial charge is 0.370 e. The summed E-state index contributed by atoms with van der Waals surface area (Å²) in [5.41, 5.74) is 10.5. The van der Waals surface area contributed by atoms with E-state index < -0.39 is 4.92 Å². The monoisotopic (exact) mass is 230 g/mol. The number of hydrogen-bond acceptors (Lipinski definition) is 3. The van der Waals surface area contributed by atoms with Crippen molar-refractivity contribution in [3.63, 3.8) is 0 Å². The van der Waals surface area contributed by atoms with Crippen molar-refractivity contribution in [1.82, 2.24) is 0 Å². The Bertz CT molecular complexity index is 618. The average Bonchev–Trinajstić information content (AvgIpc) is 2.27. The molecule has 4 N–H and O–H groups in total. The van der Waals surface area contributed by atoms with Crippen LogP contribution in [0.5, 0.6) is 0 Å². The van der Waals surface area contributed by atoms with E-state index in [9.17, 15) is 10.1 Å². The van der Waals surface area contributed by atoms with Gasteiger partial charge in [0.15, 0.2) is 5.96 Å². The Hall–Kier alpha value is -2.63. The summed E-state index contributed by atoms with van der Waals surface area (Å²) in [6.07, 6.45) is 0. The second kappa shape index (κ2) is 4.09. The molecule has 0 bridgehead atoms. The summed E-state index contributed by atoms with van der Waals surface area (Å²) in [5, 5.41) is 12.5. The molecule has 0 aliphatic rings. The first-order valence-corrected chi connectivity index (χ1v) is 4.85. The maximum atomic E-state index is 10.9. The number of nitrogens with two attached hydrogens (primary N) is 2. The lowest BCUT2D eigenvalue weighted by atomic mass is 10.1. The molecule has 0 unspecified atom stereocenters. The molecule has 0 saturated carbocycles. The summed E-state index contributed by atoms with van der Waals surface area (Å²) in [5.74, 6) is -0.205. The molecule has 0 aliphatic heterocycles. The van der Waals surface area contributed by atoms with Gasteiger partial charge in [-0.25, -0.2) is 4.99 Å². The molecule has 0 atom stereocenters. The predicted octanol–water partition coefficient (Wildman–Crippen LogP) is 1.65. The molecule has 2 aromatic carbocycles. The van der Waals surface area contributed by atoms with Crippen LogP contribution in [-0.4, -0.2) is 10.9 Å². The van der Waals surface area contributed by atoms with Crippen molar-refractivity contribution < 1.29 is 4.92 Å². The summed E-state index contributed by atoms with van der Waals surface area (Å²) in [6.45, 7) is 0. The first-order chi connectivity index (χ1) is 8.08. The van der Waals surface area contributed by atoms with E-state index in [4.69, 9.17) is 11.5 Å². The fraction of sp³-hybridized carbons (Fsp3) is 0. The topological polar surface area (TPSA) is 108 Å². The minimum Gasteiger partial charge on any atom is -0.370 e. The molecule has 6 nitrogen and oxygen atoms in total. The molecule has 0 aliphatic carbocycles. The van der Waals surface area contributed by atoms with E-state index in [1.807, 2.05) is 18.2 Å². The van der Waals surface area contributed by atoms with Gasteiger partial charge in [0.25, 0.3) is 5.69 Å². The second-order valence-corrected chi connectivity index (χ2v) is 3.48. The molecular weight excluding hydrogens is 220 g/mol. The summed E-state index contributed by atoms with van der Waals surface area (Å²) >= 11 is 0. The van der Waals surface area contributed by atoms with Gasteiger partial charge in [-0.05, 0) is 16.8 Å². The number of fused-ring (bicyclic) bond motifs is 1. The van der Waals surface area contributed by atoms with Crippen molar-refractivity contribution in [2.75, 3.05) is 0 Å². The van der Waals surface area contributed by atoms with Crippen LogP contribution >= 0.6 is 0 Å². The van der Waals surface area contributed by atoms with Crippen LogP contribution in [0.25, 0.3) is 10.8 Å². The van der Waals surface area contributed by atoms with Crippen molar-refractivity contribution in [3.05, 3.63) is 46.5 Å². The molecule has 2 rings (SSSR count). The zero-order chi connectivity index (χ0) is 12.4. The van der Waals surface area contributed by atoms with Gasteiger partial charge in [-0.2, -0.15) is 0 Å². The summed E-state index contributed by atoms with van der Waals surface area (Å²) in [4.78, 5) is 14.2. The highest BCUT2D eigenvalue weighted by atomic mass is 16.6. The number of nitro benzene ring substituents is 1. The van der Waals surface area contributed by atoms with E-state index in [0.29, 0.717) is 0 Å². The highest BCUT2D eigenvalue weighted by molar-refractivity contribution is 5.91. The Morgan fingerprint density at radius 2 is 1.76 bits per heavy atom. The van der Waals surface area contributed by atoms with E-state index in [-0.39, 0.29) is 17.3 Å². The molecular formula is C11H10N4O2. The first-order valence-electron chi connectivity index (χ1n) is 4.85. The van der Waals surface area contributed by atoms with Crippen molar-refractivity contribution in [2.45, 2.75) is 0 Å². The van der Waals surface area contributed by atoms with Crippen LogP contribution in [0.1, 0.15) is 0 Å². The Morgan fingerprint density at radius 3 is 2.29 bits per heavy atom. The fourth-order valence-electron chi connectivity index (χ4n) is 1.59. The minimum atomic E-state index is -0.506. The minimum absolute atomic E-state index is 0.114. The van der Waals surface area contributed by atoms with Crippen molar-refractivity contribution >= 4 is 28.1 Å². The predicted molar refractivity (Wildman–Crippen MR) is 66.1 cm³/mol. The SMILES string of the molecule is NC(N)=Nc1cc2ccccc2cc1[N+](=O)[O-]. The van der Waals surface area contributed by atoms with Gasteiger partial charge in [-0.3, -0.25) is 10.1 Å². The molecule has 0 saturated heterocycles. The Morgan fingerprint density at radius 1 is 1.18 bits per heavy atom. The third kappa shape index (κ3) is 2.15. The molecule has 86 valence electrons. The lowest BCUT2D eigenvalue weighted by Gasteiger charge is -2.01. The van der Waals surface area contributed by atoms with Gasteiger partial charge in [0.1, 0.15) is 5.69 Å². The number of hydrogen-bond donors (Lipinski definition) is 2. The fourth-order valence-corrected chi connectivity index (χ4v) is 1.59. The highest BCUT2D eigenvalue weighted by Gasteiger charge is 2.14. The van der Waals surface area contributed by atoms with Gasteiger partial charge in [0, 0.05) is 6.07 Å². The lowest BCUT2D eigenvalue weighted by Crippen LogP contribution is -2.22. The summed E-state index contributed by atoms with van der Waals surface area (Å²) in [6, 6.07) is 10.3. The van der Waals surface area contributed by atoms with E-state index in [1.54, 1.807) is 12.1 Å². The van der Waals surface area contributed by atoms with Crippen molar-refractivity contribution in [2.24, 2.45) is 16.5 Å². The van der Waals surface area contributed by atoms with Crippen LogP contribution in [0.2, 0.25) is 0 Å². The van der Waals surface area contributed by atoms with E-state index in [2.05, 4.69) is 4.99 Å². The van der Waals surface area contributed by atoms with Gasteiger partial charge >= 0.3 is 0 Å². The standard InChI is InChI=1S/C11H10N4O2/c12-11(13)14-9-5-7-3-1-2-4-8(7)6-10(9)15(16)17/h1-6H,(H4,12,13,14). The van der Waals surface area contributed by atoms with Gasteiger partial charge in [-0.1, -0.05) is 24.3 Å². The number of guanidine groups is 1.